The number of rotatable bonds is 7. The van der Waals surface area contributed by atoms with E-state index in [-0.39, 0.29) is 5.92 Å². The maximum Gasteiger partial charge on any atom is 0.306 e. The molecule has 1 aliphatic heterocycles. The Balaban J connectivity index is 1.80. The Morgan fingerprint density at radius 1 is 1.20 bits per heavy atom. The average molecular weight is 341 g/mol. The Kier molecular flexibility index (Phi) is 5.92. The van der Waals surface area contributed by atoms with Crippen LogP contribution >= 0.6 is 0 Å². The number of benzene rings is 2. The van der Waals surface area contributed by atoms with Gasteiger partial charge in [-0.1, -0.05) is 43.7 Å². The number of carboxylic acid groups (broad SMARTS) is 1. The SMILES string of the molecule is CCCCOc1ccc2ccccc2c1CN1CCC(C(=O)O)CC1. The first kappa shape index (κ1) is 17.7. The lowest BCUT2D eigenvalue weighted by Gasteiger charge is -2.31. The van der Waals surface area contributed by atoms with E-state index >= 15 is 0 Å². The maximum absolute atomic E-state index is 11.2. The molecule has 0 unspecified atom stereocenters. The first-order valence-corrected chi connectivity index (χ1v) is 9.27. The minimum atomic E-state index is -0.659. The first-order chi connectivity index (χ1) is 12.2. The molecule has 0 aromatic heterocycles. The van der Waals surface area contributed by atoms with Crippen LogP contribution in [0.1, 0.15) is 38.2 Å². The fraction of sp³-hybridized carbons (Fsp3) is 0.476. The van der Waals surface area contributed by atoms with Gasteiger partial charge < -0.3 is 9.84 Å². The predicted octanol–water partition coefficient (Wildman–Crippen LogP) is 4.32. The molecule has 0 radical (unpaired) electrons. The second-order valence-electron chi connectivity index (χ2n) is 6.85. The Bertz CT molecular complexity index is 720. The van der Waals surface area contributed by atoms with E-state index in [9.17, 15) is 9.90 Å². The van der Waals surface area contributed by atoms with Crippen molar-refractivity contribution in [2.75, 3.05) is 19.7 Å². The molecule has 134 valence electrons. The molecular weight excluding hydrogens is 314 g/mol. The van der Waals surface area contributed by atoms with Crippen molar-refractivity contribution in [3.63, 3.8) is 0 Å². The number of aliphatic carboxylic acids is 1. The van der Waals surface area contributed by atoms with Gasteiger partial charge in [0.05, 0.1) is 12.5 Å². The molecule has 1 heterocycles. The number of unbranched alkanes of at least 4 members (excludes halogenated alkanes) is 1. The molecule has 2 aromatic rings. The van der Waals surface area contributed by atoms with Crippen molar-refractivity contribution in [3.8, 4) is 5.75 Å². The Morgan fingerprint density at radius 2 is 1.96 bits per heavy atom. The molecule has 0 atom stereocenters. The average Bonchev–Trinajstić information content (AvgIpc) is 2.64. The van der Waals surface area contributed by atoms with Crippen molar-refractivity contribution in [2.45, 2.75) is 39.2 Å². The van der Waals surface area contributed by atoms with Crippen LogP contribution in [0.25, 0.3) is 10.8 Å². The lowest BCUT2D eigenvalue weighted by Crippen LogP contribution is -2.36. The van der Waals surface area contributed by atoms with Crippen molar-refractivity contribution in [1.82, 2.24) is 4.90 Å². The highest BCUT2D eigenvalue weighted by atomic mass is 16.5. The van der Waals surface area contributed by atoms with E-state index in [2.05, 4.69) is 48.2 Å². The van der Waals surface area contributed by atoms with Gasteiger partial charge in [-0.05, 0) is 49.2 Å². The van der Waals surface area contributed by atoms with Gasteiger partial charge >= 0.3 is 5.97 Å². The van der Waals surface area contributed by atoms with Crippen molar-refractivity contribution >= 4 is 16.7 Å². The molecule has 0 amide bonds. The normalized spacial score (nSPS) is 16.2. The van der Waals surface area contributed by atoms with Crippen LogP contribution in [0.2, 0.25) is 0 Å². The van der Waals surface area contributed by atoms with Crippen molar-refractivity contribution in [3.05, 3.63) is 42.0 Å². The van der Waals surface area contributed by atoms with Crippen LogP contribution in [0, 0.1) is 5.92 Å². The number of ether oxygens (including phenoxy) is 1. The number of nitrogens with zero attached hydrogens (tertiary/aromatic N) is 1. The lowest BCUT2D eigenvalue weighted by atomic mass is 9.96. The summed E-state index contributed by atoms with van der Waals surface area (Å²) in [6.45, 7) is 5.37. The monoisotopic (exact) mass is 341 g/mol. The summed E-state index contributed by atoms with van der Waals surface area (Å²) >= 11 is 0. The van der Waals surface area contributed by atoms with Gasteiger partial charge in [0.25, 0.3) is 0 Å². The standard InChI is InChI=1S/C21H27NO3/c1-2-3-14-25-20-9-8-16-6-4-5-7-18(16)19(20)15-22-12-10-17(11-13-22)21(23)24/h4-9,17H,2-3,10-15H2,1H3,(H,23,24). The summed E-state index contributed by atoms with van der Waals surface area (Å²) in [6, 6.07) is 12.6. The van der Waals surface area contributed by atoms with E-state index in [1.807, 2.05) is 0 Å². The van der Waals surface area contributed by atoms with Gasteiger partial charge in [0.2, 0.25) is 0 Å². The summed E-state index contributed by atoms with van der Waals surface area (Å²) in [6.07, 6.45) is 3.63. The van der Waals surface area contributed by atoms with E-state index in [0.717, 1.165) is 57.7 Å². The van der Waals surface area contributed by atoms with E-state index in [0.29, 0.717) is 0 Å². The zero-order chi connectivity index (χ0) is 17.6. The van der Waals surface area contributed by atoms with E-state index in [4.69, 9.17) is 4.74 Å². The minimum absolute atomic E-state index is 0.191. The summed E-state index contributed by atoms with van der Waals surface area (Å²) in [5.74, 6) is 0.116. The third-order valence-electron chi connectivity index (χ3n) is 5.07. The number of piperidine rings is 1. The predicted molar refractivity (Wildman–Crippen MR) is 100.0 cm³/mol. The molecule has 3 rings (SSSR count). The van der Waals surface area contributed by atoms with E-state index in [1.165, 1.54) is 16.3 Å². The number of likely N-dealkylation sites (tertiary alicyclic amines) is 1. The van der Waals surface area contributed by atoms with Gasteiger partial charge in [-0.25, -0.2) is 0 Å². The Morgan fingerprint density at radius 3 is 2.68 bits per heavy atom. The number of fused-ring (bicyclic) bond motifs is 1. The van der Waals surface area contributed by atoms with Crippen molar-refractivity contribution in [1.29, 1.82) is 0 Å². The molecule has 0 saturated carbocycles. The summed E-state index contributed by atoms with van der Waals surface area (Å²) in [5.41, 5.74) is 1.22. The summed E-state index contributed by atoms with van der Waals surface area (Å²) in [7, 11) is 0. The van der Waals surface area contributed by atoms with Gasteiger partial charge in [-0.15, -0.1) is 0 Å². The highest BCUT2D eigenvalue weighted by Gasteiger charge is 2.25. The van der Waals surface area contributed by atoms with Crippen LogP contribution < -0.4 is 4.74 Å². The summed E-state index contributed by atoms with van der Waals surface area (Å²) in [4.78, 5) is 13.5. The molecule has 0 aliphatic carbocycles. The molecule has 2 aromatic carbocycles. The molecule has 25 heavy (non-hydrogen) atoms. The largest absolute Gasteiger partial charge is 0.493 e. The highest BCUT2D eigenvalue weighted by molar-refractivity contribution is 5.87. The molecule has 0 bridgehead atoms. The van der Waals surface area contributed by atoms with Gasteiger partial charge in [-0.3, -0.25) is 9.69 Å². The van der Waals surface area contributed by atoms with Gasteiger partial charge in [0.1, 0.15) is 5.75 Å². The molecule has 4 nitrogen and oxygen atoms in total. The van der Waals surface area contributed by atoms with E-state index in [1.54, 1.807) is 0 Å². The first-order valence-electron chi connectivity index (χ1n) is 9.27. The molecule has 1 saturated heterocycles. The maximum atomic E-state index is 11.2. The molecule has 1 N–H and O–H groups in total. The van der Waals surface area contributed by atoms with Crippen LogP contribution in [0.4, 0.5) is 0 Å². The zero-order valence-electron chi connectivity index (χ0n) is 14.9. The van der Waals surface area contributed by atoms with Crippen molar-refractivity contribution < 1.29 is 14.6 Å². The van der Waals surface area contributed by atoms with Crippen LogP contribution in [0.5, 0.6) is 5.75 Å². The Hall–Kier alpha value is -2.07. The number of carbonyl (C=O) groups is 1. The summed E-state index contributed by atoms with van der Waals surface area (Å²) < 4.78 is 6.07. The molecular formula is C21H27NO3. The summed E-state index contributed by atoms with van der Waals surface area (Å²) in [5, 5.41) is 11.6. The van der Waals surface area contributed by atoms with Crippen LogP contribution in [-0.4, -0.2) is 35.7 Å². The minimum Gasteiger partial charge on any atom is -0.493 e. The molecule has 4 heteroatoms. The third kappa shape index (κ3) is 4.31. The lowest BCUT2D eigenvalue weighted by molar-refractivity contribution is -0.143. The van der Waals surface area contributed by atoms with Gasteiger partial charge in [0.15, 0.2) is 0 Å². The molecule has 1 fully saturated rings. The molecule has 0 spiro atoms. The van der Waals surface area contributed by atoms with Crippen LogP contribution in [-0.2, 0) is 11.3 Å². The van der Waals surface area contributed by atoms with Gasteiger partial charge in [-0.2, -0.15) is 0 Å². The Labute approximate surface area is 149 Å². The van der Waals surface area contributed by atoms with E-state index < -0.39 is 5.97 Å². The quantitative estimate of drug-likeness (QED) is 0.762. The van der Waals surface area contributed by atoms with Crippen LogP contribution in [0.3, 0.4) is 0 Å². The highest BCUT2D eigenvalue weighted by Crippen LogP contribution is 2.31. The van der Waals surface area contributed by atoms with Crippen LogP contribution in [0.15, 0.2) is 36.4 Å². The third-order valence-corrected chi connectivity index (χ3v) is 5.07. The smallest absolute Gasteiger partial charge is 0.306 e. The fourth-order valence-corrected chi connectivity index (χ4v) is 3.50. The van der Waals surface area contributed by atoms with Gasteiger partial charge in [0, 0.05) is 12.1 Å². The number of hydrogen-bond acceptors (Lipinski definition) is 3. The zero-order valence-corrected chi connectivity index (χ0v) is 14.9. The van der Waals surface area contributed by atoms with Crippen molar-refractivity contribution in [2.24, 2.45) is 5.92 Å². The second-order valence-corrected chi connectivity index (χ2v) is 6.85. The fourth-order valence-electron chi connectivity index (χ4n) is 3.50. The molecule has 1 aliphatic rings. The number of hydrogen-bond donors (Lipinski definition) is 1. The second kappa shape index (κ2) is 8.34. The number of carboxylic acids is 1. The topological polar surface area (TPSA) is 49.8 Å².